The Bertz CT molecular complexity index is 684. The number of hydrogen-bond donors (Lipinski definition) is 0. The van der Waals surface area contributed by atoms with Gasteiger partial charge in [0.1, 0.15) is 0 Å². The molecule has 2 aromatic rings. The number of carbonyl (C=O) groups is 2. The van der Waals surface area contributed by atoms with E-state index in [2.05, 4.69) is 0 Å². The molecule has 24 heavy (non-hydrogen) atoms. The third-order valence-corrected chi connectivity index (χ3v) is 4.23. The molecule has 0 bridgehead atoms. The van der Waals surface area contributed by atoms with E-state index in [-0.39, 0.29) is 23.2 Å². The van der Waals surface area contributed by atoms with Crippen molar-refractivity contribution in [1.29, 1.82) is 0 Å². The summed E-state index contributed by atoms with van der Waals surface area (Å²) in [5, 5.41) is 0. The van der Waals surface area contributed by atoms with Crippen LogP contribution in [-0.2, 0) is 4.79 Å². The van der Waals surface area contributed by atoms with Gasteiger partial charge in [0, 0.05) is 6.42 Å². The summed E-state index contributed by atoms with van der Waals surface area (Å²) >= 11 is 0. The van der Waals surface area contributed by atoms with Gasteiger partial charge in [-0.2, -0.15) is 0 Å². The number of furan rings is 1. The monoisotopic (exact) mass is 328 g/mol. The number of benzene rings is 1. The highest BCUT2D eigenvalue weighted by molar-refractivity contribution is 5.88. The quantitative estimate of drug-likeness (QED) is 0.582. The topological polar surface area (TPSA) is 65.7 Å². The van der Waals surface area contributed by atoms with E-state index in [1.165, 1.54) is 38.0 Å². The zero-order valence-electron chi connectivity index (χ0n) is 13.4. The summed E-state index contributed by atoms with van der Waals surface area (Å²) in [6.45, 7) is 0. The largest absolute Gasteiger partial charge is 0.457 e. The normalized spacial score (nSPS) is 14.5. The molecule has 0 spiro atoms. The minimum absolute atomic E-state index is 0.0948. The van der Waals surface area contributed by atoms with Gasteiger partial charge in [-0.3, -0.25) is 4.79 Å². The number of esters is 2. The van der Waals surface area contributed by atoms with Gasteiger partial charge in [0.25, 0.3) is 0 Å². The second kappa shape index (κ2) is 7.81. The minimum Gasteiger partial charge on any atom is -0.457 e. The fraction of sp³-hybridized carbons (Fsp3) is 0.368. The van der Waals surface area contributed by atoms with Crippen LogP contribution >= 0.6 is 0 Å². The van der Waals surface area contributed by atoms with Gasteiger partial charge in [0.15, 0.2) is 11.5 Å². The average Bonchev–Trinajstić information content (AvgIpc) is 3.28. The van der Waals surface area contributed by atoms with Crippen molar-refractivity contribution in [2.24, 2.45) is 5.92 Å². The minimum atomic E-state index is -0.630. The molecule has 5 nitrogen and oxygen atoms in total. The van der Waals surface area contributed by atoms with Crippen molar-refractivity contribution in [3.05, 3.63) is 48.4 Å². The summed E-state index contributed by atoms with van der Waals surface area (Å²) < 4.78 is 15.6. The molecule has 3 rings (SSSR count). The first-order valence-corrected chi connectivity index (χ1v) is 8.28. The van der Waals surface area contributed by atoms with Crippen molar-refractivity contribution >= 4 is 11.9 Å². The van der Waals surface area contributed by atoms with Crippen LogP contribution in [0.2, 0.25) is 0 Å². The van der Waals surface area contributed by atoms with Crippen molar-refractivity contribution in [1.82, 2.24) is 0 Å². The van der Waals surface area contributed by atoms with E-state index in [1.54, 1.807) is 30.3 Å². The lowest BCUT2D eigenvalue weighted by Gasteiger charge is -2.11. The van der Waals surface area contributed by atoms with E-state index in [1.807, 2.05) is 0 Å². The van der Waals surface area contributed by atoms with E-state index in [0.717, 1.165) is 6.42 Å². The number of ether oxygens (including phenoxy) is 2. The van der Waals surface area contributed by atoms with Gasteiger partial charge in [0.05, 0.1) is 6.26 Å². The average molecular weight is 328 g/mol. The highest BCUT2D eigenvalue weighted by Crippen LogP contribution is 2.30. The van der Waals surface area contributed by atoms with Gasteiger partial charge >= 0.3 is 11.9 Å². The summed E-state index contributed by atoms with van der Waals surface area (Å²) in [6.07, 6.45) is 7.54. The molecule has 0 saturated heterocycles. The van der Waals surface area contributed by atoms with Gasteiger partial charge in [-0.05, 0) is 36.6 Å². The molecule has 0 N–H and O–H groups in total. The molecule has 1 aliphatic carbocycles. The molecule has 0 aliphatic heterocycles. The van der Waals surface area contributed by atoms with Crippen molar-refractivity contribution in [2.75, 3.05) is 0 Å². The van der Waals surface area contributed by atoms with E-state index in [9.17, 15) is 9.59 Å². The van der Waals surface area contributed by atoms with Crippen LogP contribution < -0.4 is 9.47 Å². The van der Waals surface area contributed by atoms with Crippen LogP contribution in [0.3, 0.4) is 0 Å². The number of carbonyl (C=O) groups excluding carboxylic acids is 2. The number of rotatable bonds is 6. The molecule has 0 unspecified atom stereocenters. The van der Waals surface area contributed by atoms with E-state index in [4.69, 9.17) is 13.9 Å². The second-order valence-corrected chi connectivity index (χ2v) is 5.98. The van der Waals surface area contributed by atoms with Crippen molar-refractivity contribution in [3.8, 4) is 11.5 Å². The van der Waals surface area contributed by atoms with Crippen LogP contribution in [0, 0.1) is 5.92 Å². The Kier molecular flexibility index (Phi) is 5.31. The van der Waals surface area contributed by atoms with Gasteiger partial charge in [0.2, 0.25) is 5.76 Å². The molecular formula is C19H20O5. The maximum Gasteiger partial charge on any atom is 0.379 e. The first kappa shape index (κ1) is 16.3. The van der Waals surface area contributed by atoms with Gasteiger partial charge < -0.3 is 13.9 Å². The summed E-state index contributed by atoms with van der Waals surface area (Å²) in [5.74, 6) is 0.238. The van der Waals surface area contributed by atoms with Crippen molar-refractivity contribution in [3.63, 3.8) is 0 Å². The lowest BCUT2D eigenvalue weighted by atomic mass is 10.0. The second-order valence-electron chi connectivity index (χ2n) is 5.98. The molecule has 1 heterocycles. The smallest absolute Gasteiger partial charge is 0.379 e. The van der Waals surface area contributed by atoms with Gasteiger partial charge in [-0.25, -0.2) is 4.79 Å². The number of para-hydroxylation sites is 2. The highest BCUT2D eigenvalue weighted by Gasteiger charge is 2.19. The zero-order chi connectivity index (χ0) is 16.8. The van der Waals surface area contributed by atoms with Crippen LogP contribution in [0.4, 0.5) is 0 Å². The van der Waals surface area contributed by atoms with Crippen LogP contribution in [0.1, 0.15) is 49.1 Å². The van der Waals surface area contributed by atoms with Crippen LogP contribution in [0.5, 0.6) is 11.5 Å². The Morgan fingerprint density at radius 3 is 2.38 bits per heavy atom. The first-order valence-electron chi connectivity index (χ1n) is 8.28. The van der Waals surface area contributed by atoms with Crippen LogP contribution in [-0.4, -0.2) is 11.9 Å². The Morgan fingerprint density at radius 1 is 1.00 bits per heavy atom. The molecule has 126 valence electrons. The Labute approximate surface area is 140 Å². The lowest BCUT2D eigenvalue weighted by Crippen LogP contribution is -2.12. The third kappa shape index (κ3) is 4.25. The molecule has 0 atom stereocenters. The first-order chi connectivity index (χ1) is 11.7. The molecular weight excluding hydrogens is 308 g/mol. The summed E-state index contributed by atoms with van der Waals surface area (Å²) in [7, 11) is 0. The molecule has 1 fully saturated rings. The third-order valence-electron chi connectivity index (χ3n) is 4.23. The Morgan fingerprint density at radius 2 is 1.71 bits per heavy atom. The summed E-state index contributed by atoms with van der Waals surface area (Å²) in [4.78, 5) is 24.0. The van der Waals surface area contributed by atoms with Crippen molar-refractivity contribution in [2.45, 2.75) is 38.5 Å². The number of hydrogen-bond acceptors (Lipinski definition) is 5. The fourth-order valence-corrected chi connectivity index (χ4v) is 2.96. The van der Waals surface area contributed by atoms with Crippen LogP contribution in [0.15, 0.2) is 47.1 Å². The molecule has 1 aromatic carbocycles. The maximum absolute atomic E-state index is 12.1. The van der Waals surface area contributed by atoms with E-state index in [0.29, 0.717) is 12.3 Å². The van der Waals surface area contributed by atoms with Crippen molar-refractivity contribution < 1.29 is 23.5 Å². The van der Waals surface area contributed by atoms with Crippen LogP contribution in [0.25, 0.3) is 0 Å². The molecule has 1 saturated carbocycles. The molecule has 0 amide bonds. The highest BCUT2D eigenvalue weighted by atomic mass is 16.6. The molecule has 1 aromatic heterocycles. The molecule has 5 heteroatoms. The summed E-state index contributed by atoms with van der Waals surface area (Å²) in [5.41, 5.74) is 0. The summed E-state index contributed by atoms with van der Waals surface area (Å²) in [6, 6.07) is 9.74. The zero-order valence-corrected chi connectivity index (χ0v) is 13.4. The Hall–Kier alpha value is -2.56. The SMILES string of the molecule is O=C(CCC1CCCC1)Oc1ccccc1OC(=O)c1ccco1. The lowest BCUT2D eigenvalue weighted by molar-refractivity contribution is -0.134. The molecule has 0 radical (unpaired) electrons. The fourth-order valence-electron chi connectivity index (χ4n) is 2.96. The molecule has 1 aliphatic rings. The van der Waals surface area contributed by atoms with Gasteiger partial charge in [-0.15, -0.1) is 0 Å². The predicted molar refractivity (Wildman–Crippen MR) is 86.9 cm³/mol. The maximum atomic E-state index is 12.1. The standard InChI is InChI=1S/C19H20O5/c20-18(12-11-14-6-1-2-7-14)23-15-8-3-4-9-16(15)24-19(21)17-10-5-13-22-17/h3-5,8-10,13-14H,1-2,6-7,11-12H2. The van der Waals surface area contributed by atoms with E-state index >= 15 is 0 Å². The predicted octanol–water partition coefficient (Wildman–Crippen LogP) is 4.37. The van der Waals surface area contributed by atoms with E-state index < -0.39 is 5.97 Å². The Balaban J connectivity index is 1.58. The van der Waals surface area contributed by atoms with Gasteiger partial charge in [-0.1, -0.05) is 37.8 Å².